The summed E-state index contributed by atoms with van der Waals surface area (Å²) in [6.45, 7) is 0. The van der Waals surface area contributed by atoms with Crippen LogP contribution in [-0.2, 0) is 0 Å². The lowest BCUT2D eigenvalue weighted by Crippen LogP contribution is -2.01. The van der Waals surface area contributed by atoms with Crippen molar-refractivity contribution in [2.45, 2.75) is 12.8 Å². The Morgan fingerprint density at radius 3 is 2.70 bits per heavy atom. The number of rotatable bonds is 0. The lowest BCUT2D eigenvalue weighted by molar-refractivity contribution is 1.11. The molecular weight excluding hydrogens is 122 g/mol. The third-order valence-corrected chi connectivity index (χ3v) is 1.85. The maximum Gasteiger partial charge on any atom is 0.245 e. The number of aliphatic imine (C=N–C) groups is 1. The van der Waals surface area contributed by atoms with Gasteiger partial charge in [0.05, 0.1) is 4.99 Å². The van der Waals surface area contributed by atoms with E-state index in [4.69, 9.17) is 0 Å². The molecule has 0 aromatic rings. The summed E-state index contributed by atoms with van der Waals surface area (Å²) in [5.74, 6) is 0. The zero-order chi connectivity index (χ0) is 6.81. The number of nitrogens with zero attached hydrogens (tertiary/aromatic N) is 1. The molecule has 1 aliphatic carbocycles. The van der Waals surface area contributed by atoms with E-state index >= 15 is 0 Å². The van der Waals surface area contributed by atoms with Gasteiger partial charge in [0.1, 0.15) is 0 Å². The first kappa shape index (κ1) is 5.66. The molecule has 0 aromatic carbocycles. The summed E-state index contributed by atoms with van der Waals surface area (Å²) >= 11 is 0. The van der Waals surface area contributed by atoms with Gasteiger partial charge >= 0.3 is 0 Å². The van der Waals surface area contributed by atoms with Gasteiger partial charge in [-0.1, -0.05) is 12.2 Å². The highest BCUT2D eigenvalue weighted by Crippen LogP contribution is 2.19. The SMILES string of the molecule is C1=CCC2=C(C=C[N+]=C2)C1. The molecular formula is C9H9N+. The maximum atomic E-state index is 4.06. The topological polar surface area (TPSA) is 14.1 Å². The van der Waals surface area contributed by atoms with Gasteiger partial charge in [0, 0.05) is 11.6 Å². The van der Waals surface area contributed by atoms with Crippen LogP contribution in [0.3, 0.4) is 0 Å². The van der Waals surface area contributed by atoms with Crippen molar-refractivity contribution in [1.82, 2.24) is 4.99 Å². The van der Waals surface area contributed by atoms with Crippen LogP contribution in [0.2, 0.25) is 0 Å². The van der Waals surface area contributed by atoms with Crippen LogP contribution in [0.4, 0.5) is 0 Å². The standard InChI is InChI=1S/C9H9N/c1-2-4-9-7-10-6-5-8(9)3-1/h1-2,5-7H,3-4H2/q+1. The molecule has 1 radical (unpaired) electrons. The second-order valence-electron chi connectivity index (χ2n) is 2.52. The van der Waals surface area contributed by atoms with Crippen LogP contribution in [0.25, 0.3) is 0 Å². The van der Waals surface area contributed by atoms with Gasteiger partial charge in [-0.2, -0.15) is 0 Å². The fourth-order valence-corrected chi connectivity index (χ4v) is 1.26. The fraction of sp³-hybridized carbons (Fsp3) is 0.222. The van der Waals surface area contributed by atoms with Crippen LogP contribution >= 0.6 is 0 Å². The third kappa shape index (κ3) is 0.838. The van der Waals surface area contributed by atoms with E-state index in [1.54, 1.807) is 0 Å². The van der Waals surface area contributed by atoms with Crippen LogP contribution in [0, 0.1) is 0 Å². The maximum absolute atomic E-state index is 4.06. The van der Waals surface area contributed by atoms with Crippen molar-refractivity contribution in [2.75, 3.05) is 0 Å². The van der Waals surface area contributed by atoms with Gasteiger partial charge in [-0.05, 0) is 18.4 Å². The Balaban J connectivity index is 2.36. The Morgan fingerprint density at radius 2 is 1.90 bits per heavy atom. The van der Waals surface area contributed by atoms with E-state index in [1.165, 1.54) is 11.1 Å². The van der Waals surface area contributed by atoms with Crippen LogP contribution in [-0.4, -0.2) is 6.21 Å². The molecule has 0 unspecified atom stereocenters. The van der Waals surface area contributed by atoms with Crippen LogP contribution in [0.5, 0.6) is 0 Å². The first-order valence-electron chi connectivity index (χ1n) is 3.53. The van der Waals surface area contributed by atoms with Crippen LogP contribution in [0.1, 0.15) is 12.8 Å². The Kier molecular flexibility index (Phi) is 1.28. The van der Waals surface area contributed by atoms with Crippen molar-refractivity contribution >= 4 is 6.21 Å². The van der Waals surface area contributed by atoms with Gasteiger partial charge in [-0.25, -0.2) is 0 Å². The second-order valence-corrected chi connectivity index (χ2v) is 2.52. The lowest BCUT2D eigenvalue weighted by Gasteiger charge is -2.06. The van der Waals surface area contributed by atoms with Crippen molar-refractivity contribution in [2.24, 2.45) is 0 Å². The summed E-state index contributed by atoms with van der Waals surface area (Å²) in [6, 6.07) is 0. The van der Waals surface area contributed by atoms with Crippen LogP contribution in [0.15, 0.2) is 35.6 Å². The largest absolute Gasteiger partial charge is 0.245 e. The smallest absolute Gasteiger partial charge is 0.0838 e. The monoisotopic (exact) mass is 131 g/mol. The molecule has 0 saturated heterocycles. The molecule has 0 fully saturated rings. The third-order valence-electron chi connectivity index (χ3n) is 1.85. The summed E-state index contributed by atoms with van der Waals surface area (Å²) in [7, 11) is 0. The molecule has 49 valence electrons. The Bertz CT molecular complexity index is 228. The van der Waals surface area contributed by atoms with E-state index in [0.29, 0.717) is 0 Å². The minimum atomic E-state index is 1.06. The minimum Gasteiger partial charge on any atom is -0.0838 e. The summed E-state index contributed by atoms with van der Waals surface area (Å²) in [5, 5.41) is 0. The molecule has 0 spiro atoms. The summed E-state index contributed by atoms with van der Waals surface area (Å²) in [5.41, 5.74) is 2.81. The second kappa shape index (κ2) is 2.25. The molecule has 1 nitrogen and oxygen atoms in total. The van der Waals surface area contributed by atoms with Crippen LogP contribution < -0.4 is 4.99 Å². The zero-order valence-corrected chi connectivity index (χ0v) is 5.75. The van der Waals surface area contributed by atoms with E-state index in [-0.39, 0.29) is 0 Å². The molecule has 0 aromatic heterocycles. The van der Waals surface area contributed by atoms with Gasteiger partial charge in [0.2, 0.25) is 12.4 Å². The molecule has 10 heavy (non-hydrogen) atoms. The first-order valence-corrected chi connectivity index (χ1v) is 3.53. The minimum absolute atomic E-state index is 1.06. The molecule has 0 saturated carbocycles. The first-order chi connectivity index (χ1) is 4.97. The van der Waals surface area contributed by atoms with Crippen molar-refractivity contribution in [1.29, 1.82) is 0 Å². The van der Waals surface area contributed by atoms with Crippen molar-refractivity contribution < 1.29 is 0 Å². The lowest BCUT2D eigenvalue weighted by atomic mass is 9.97. The molecule has 0 amide bonds. The van der Waals surface area contributed by atoms with E-state index < -0.39 is 0 Å². The van der Waals surface area contributed by atoms with E-state index in [0.717, 1.165) is 12.8 Å². The summed E-state index contributed by atoms with van der Waals surface area (Å²) in [4.78, 5) is 4.06. The highest BCUT2D eigenvalue weighted by molar-refractivity contribution is 5.82. The molecule has 1 aliphatic heterocycles. The predicted octanol–water partition coefficient (Wildman–Crippen LogP) is 1.57. The Labute approximate surface area is 60.5 Å². The fourth-order valence-electron chi connectivity index (χ4n) is 1.26. The molecule has 0 bridgehead atoms. The molecule has 0 atom stereocenters. The van der Waals surface area contributed by atoms with Gasteiger partial charge in [0.15, 0.2) is 0 Å². The van der Waals surface area contributed by atoms with Crippen molar-refractivity contribution in [3.63, 3.8) is 0 Å². The van der Waals surface area contributed by atoms with Crippen molar-refractivity contribution in [3.8, 4) is 0 Å². The average Bonchev–Trinajstić information content (AvgIpc) is 2.05. The number of hydrogen-bond acceptors (Lipinski definition) is 1. The van der Waals surface area contributed by atoms with E-state index in [1.807, 2.05) is 12.4 Å². The Hall–Kier alpha value is -1.11. The van der Waals surface area contributed by atoms with Gasteiger partial charge in [-0.3, -0.25) is 0 Å². The zero-order valence-electron chi connectivity index (χ0n) is 5.75. The molecule has 1 heterocycles. The van der Waals surface area contributed by atoms with Gasteiger partial charge in [-0.15, -0.1) is 0 Å². The normalized spacial score (nSPS) is 21.6. The van der Waals surface area contributed by atoms with Crippen molar-refractivity contribution in [3.05, 3.63) is 35.6 Å². The average molecular weight is 131 g/mol. The predicted molar refractivity (Wildman–Crippen MR) is 42.7 cm³/mol. The van der Waals surface area contributed by atoms with E-state index in [2.05, 4.69) is 23.2 Å². The number of hydrogen-bond donors (Lipinski definition) is 0. The Morgan fingerprint density at radius 1 is 1.10 bits per heavy atom. The highest BCUT2D eigenvalue weighted by atomic mass is 14.7. The van der Waals surface area contributed by atoms with Gasteiger partial charge in [0.25, 0.3) is 0 Å². The molecule has 1 heteroatoms. The highest BCUT2D eigenvalue weighted by Gasteiger charge is 2.11. The molecule has 2 rings (SSSR count). The number of allylic oxidation sites excluding steroid dienone is 5. The van der Waals surface area contributed by atoms with Gasteiger partial charge < -0.3 is 0 Å². The summed E-state index contributed by atoms with van der Waals surface area (Å²) in [6.07, 6.45) is 12.5. The molecule has 2 aliphatic rings. The summed E-state index contributed by atoms with van der Waals surface area (Å²) < 4.78 is 0. The quantitative estimate of drug-likeness (QED) is 0.443. The molecule has 0 N–H and O–H groups in total. The van der Waals surface area contributed by atoms with E-state index in [9.17, 15) is 0 Å².